The van der Waals surface area contributed by atoms with Crippen LogP contribution in [-0.2, 0) is 0 Å². The first-order valence-electron chi connectivity index (χ1n) is 8.41. The van der Waals surface area contributed by atoms with E-state index in [0.29, 0.717) is 0 Å². The van der Waals surface area contributed by atoms with Gasteiger partial charge in [-0.15, -0.1) is 0 Å². The molecule has 1 fully saturated rings. The van der Waals surface area contributed by atoms with Gasteiger partial charge in [-0.05, 0) is 38.0 Å². The zero-order valence-corrected chi connectivity index (χ0v) is 12.7. The molecule has 0 aliphatic heterocycles. The average Bonchev–Trinajstić information content (AvgIpc) is 2.40. The van der Waals surface area contributed by atoms with Crippen molar-refractivity contribution in [3.63, 3.8) is 0 Å². The fraction of sp³-hybridized carbons (Fsp3) is 0.941. The summed E-state index contributed by atoms with van der Waals surface area (Å²) in [6, 6.07) is 0. The van der Waals surface area contributed by atoms with Crippen LogP contribution in [0.2, 0.25) is 0 Å². The number of aliphatic imine (C=N–C) groups is 1. The number of hydrogen-bond donors (Lipinski definition) is 0. The Morgan fingerprint density at radius 2 is 1.72 bits per heavy atom. The normalized spacial score (nSPS) is 22.6. The highest BCUT2D eigenvalue weighted by Crippen LogP contribution is 2.26. The second kappa shape index (κ2) is 10.6. The maximum absolute atomic E-state index is 4.89. The lowest BCUT2D eigenvalue weighted by atomic mass is 9.83. The van der Waals surface area contributed by atoms with Crippen LogP contribution >= 0.6 is 0 Å². The molecule has 0 saturated heterocycles. The van der Waals surface area contributed by atoms with Crippen molar-refractivity contribution in [2.45, 2.75) is 90.9 Å². The Bertz CT molecular complexity index is 220. The molecule has 18 heavy (non-hydrogen) atoms. The van der Waals surface area contributed by atoms with Crippen molar-refractivity contribution >= 4 is 5.71 Å². The molecule has 1 nitrogen and oxygen atoms in total. The van der Waals surface area contributed by atoms with Crippen molar-refractivity contribution in [1.29, 1.82) is 0 Å². The average molecular weight is 251 g/mol. The lowest BCUT2D eigenvalue weighted by molar-refractivity contribution is 0.466. The van der Waals surface area contributed by atoms with Gasteiger partial charge in [0, 0.05) is 12.3 Å². The summed E-state index contributed by atoms with van der Waals surface area (Å²) < 4.78 is 0. The lowest BCUT2D eigenvalue weighted by Gasteiger charge is -2.24. The Morgan fingerprint density at radius 3 is 2.50 bits per heavy atom. The molecule has 0 heterocycles. The highest BCUT2D eigenvalue weighted by molar-refractivity contribution is 5.87. The second-order valence-corrected chi connectivity index (χ2v) is 5.87. The lowest BCUT2D eigenvalue weighted by Crippen LogP contribution is -2.19. The van der Waals surface area contributed by atoms with Crippen molar-refractivity contribution in [3.05, 3.63) is 0 Å². The van der Waals surface area contributed by atoms with E-state index >= 15 is 0 Å². The van der Waals surface area contributed by atoms with E-state index in [1.165, 1.54) is 77.0 Å². The summed E-state index contributed by atoms with van der Waals surface area (Å²) in [6.45, 7) is 5.63. The molecule has 0 aromatic rings. The van der Waals surface area contributed by atoms with E-state index in [1.807, 2.05) is 0 Å². The molecule has 1 unspecified atom stereocenters. The van der Waals surface area contributed by atoms with Gasteiger partial charge in [-0.1, -0.05) is 58.8 Å². The minimum atomic E-state index is 0.845. The maximum atomic E-state index is 4.89. The van der Waals surface area contributed by atoms with Crippen LogP contribution in [0.25, 0.3) is 0 Å². The van der Waals surface area contributed by atoms with Gasteiger partial charge in [-0.25, -0.2) is 0 Å². The smallest absolute Gasteiger partial charge is 0.0388 e. The fourth-order valence-electron chi connectivity index (χ4n) is 2.96. The van der Waals surface area contributed by atoms with Gasteiger partial charge in [0.2, 0.25) is 0 Å². The molecule has 1 saturated carbocycles. The first kappa shape index (κ1) is 15.7. The highest BCUT2D eigenvalue weighted by atomic mass is 14.7. The van der Waals surface area contributed by atoms with Gasteiger partial charge in [0.05, 0.1) is 0 Å². The molecule has 1 rings (SSSR count). The van der Waals surface area contributed by atoms with Gasteiger partial charge < -0.3 is 0 Å². The SMILES string of the molecule is CCCCCCCC1CCCCC1=NCCCC. The van der Waals surface area contributed by atoms with Gasteiger partial charge in [-0.3, -0.25) is 4.99 Å². The maximum Gasteiger partial charge on any atom is 0.0388 e. The van der Waals surface area contributed by atoms with Crippen molar-refractivity contribution < 1.29 is 0 Å². The molecule has 0 aromatic heterocycles. The van der Waals surface area contributed by atoms with Crippen LogP contribution in [0, 0.1) is 5.92 Å². The summed E-state index contributed by atoms with van der Waals surface area (Å²) in [6.07, 6.45) is 16.6. The van der Waals surface area contributed by atoms with Gasteiger partial charge in [0.1, 0.15) is 0 Å². The van der Waals surface area contributed by atoms with Crippen LogP contribution in [0.5, 0.6) is 0 Å². The molecular formula is C17H33N. The van der Waals surface area contributed by atoms with Crippen LogP contribution in [0.4, 0.5) is 0 Å². The predicted octanol–water partition coefficient (Wildman–Crippen LogP) is 5.78. The van der Waals surface area contributed by atoms with Gasteiger partial charge in [0.25, 0.3) is 0 Å². The van der Waals surface area contributed by atoms with Crippen LogP contribution in [0.3, 0.4) is 0 Å². The van der Waals surface area contributed by atoms with E-state index in [4.69, 9.17) is 4.99 Å². The Hall–Kier alpha value is -0.330. The third-order valence-electron chi connectivity index (χ3n) is 4.19. The molecule has 106 valence electrons. The van der Waals surface area contributed by atoms with E-state index in [9.17, 15) is 0 Å². The molecule has 1 aliphatic rings. The summed E-state index contributed by atoms with van der Waals surface area (Å²) >= 11 is 0. The first-order valence-corrected chi connectivity index (χ1v) is 8.41. The van der Waals surface area contributed by atoms with Crippen molar-refractivity contribution in [1.82, 2.24) is 0 Å². The molecule has 0 aromatic carbocycles. The van der Waals surface area contributed by atoms with Crippen LogP contribution in [0.15, 0.2) is 4.99 Å². The molecule has 0 bridgehead atoms. The quantitative estimate of drug-likeness (QED) is 0.461. The molecular weight excluding hydrogens is 218 g/mol. The van der Waals surface area contributed by atoms with E-state index < -0.39 is 0 Å². The molecule has 0 N–H and O–H groups in total. The molecule has 0 amide bonds. The molecule has 0 radical (unpaired) electrons. The zero-order chi connectivity index (χ0) is 13.1. The summed E-state index contributed by atoms with van der Waals surface area (Å²) in [5.41, 5.74) is 1.57. The van der Waals surface area contributed by atoms with E-state index in [1.54, 1.807) is 5.71 Å². The third-order valence-corrected chi connectivity index (χ3v) is 4.19. The Balaban J connectivity index is 2.23. The first-order chi connectivity index (χ1) is 8.88. The fourth-order valence-corrected chi connectivity index (χ4v) is 2.96. The van der Waals surface area contributed by atoms with Gasteiger partial charge >= 0.3 is 0 Å². The Kier molecular flexibility index (Phi) is 9.24. The van der Waals surface area contributed by atoms with Crippen molar-refractivity contribution in [3.8, 4) is 0 Å². The van der Waals surface area contributed by atoms with E-state index in [-0.39, 0.29) is 0 Å². The molecule has 1 heteroatoms. The molecule has 0 spiro atoms. The summed E-state index contributed by atoms with van der Waals surface area (Å²) in [5, 5.41) is 0. The Morgan fingerprint density at radius 1 is 0.944 bits per heavy atom. The monoisotopic (exact) mass is 251 g/mol. The predicted molar refractivity (Wildman–Crippen MR) is 82.5 cm³/mol. The van der Waals surface area contributed by atoms with Gasteiger partial charge in [-0.2, -0.15) is 0 Å². The number of unbranched alkanes of at least 4 members (excludes halogenated alkanes) is 5. The number of nitrogens with zero attached hydrogens (tertiary/aromatic N) is 1. The summed E-state index contributed by atoms with van der Waals surface area (Å²) in [7, 11) is 0. The number of hydrogen-bond acceptors (Lipinski definition) is 1. The van der Waals surface area contributed by atoms with Crippen molar-refractivity contribution in [2.75, 3.05) is 6.54 Å². The standard InChI is InChI=1S/C17H33N/c1-3-5-7-8-9-12-16-13-10-11-14-17(16)18-15-6-4-2/h16H,3-15H2,1-2H3. The highest BCUT2D eigenvalue weighted by Gasteiger charge is 2.19. The van der Waals surface area contributed by atoms with Crippen LogP contribution in [-0.4, -0.2) is 12.3 Å². The molecule has 1 aliphatic carbocycles. The van der Waals surface area contributed by atoms with Crippen LogP contribution in [0.1, 0.15) is 90.9 Å². The zero-order valence-electron chi connectivity index (χ0n) is 12.7. The van der Waals surface area contributed by atoms with E-state index in [2.05, 4.69) is 13.8 Å². The second-order valence-electron chi connectivity index (χ2n) is 5.87. The number of rotatable bonds is 9. The van der Waals surface area contributed by atoms with Gasteiger partial charge in [0.15, 0.2) is 0 Å². The largest absolute Gasteiger partial charge is 0.294 e. The molecule has 1 atom stereocenters. The van der Waals surface area contributed by atoms with Crippen LogP contribution < -0.4 is 0 Å². The van der Waals surface area contributed by atoms with Crippen molar-refractivity contribution in [2.24, 2.45) is 10.9 Å². The topological polar surface area (TPSA) is 12.4 Å². The minimum absolute atomic E-state index is 0.845. The minimum Gasteiger partial charge on any atom is -0.294 e. The third kappa shape index (κ3) is 6.56. The summed E-state index contributed by atoms with van der Waals surface area (Å²) in [5.74, 6) is 0.845. The summed E-state index contributed by atoms with van der Waals surface area (Å²) in [4.78, 5) is 4.89. The van der Waals surface area contributed by atoms with E-state index in [0.717, 1.165) is 12.5 Å². The Labute approximate surface area is 114 Å².